The largest absolute Gasteiger partial charge is 0.444 e. The Morgan fingerprint density at radius 3 is 2.60 bits per heavy atom. The molecule has 1 amide bonds. The van der Waals surface area contributed by atoms with Gasteiger partial charge in [0, 0.05) is 6.42 Å². The van der Waals surface area contributed by atoms with Gasteiger partial charge in [0.25, 0.3) is 0 Å². The second-order valence-corrected chi connectivity index (χ2v) is 4.55. The number of Topliss-reactive ketones (excluding diaryl/α,β-unsaturated/α-hetero) is 1. The molecule has 0 radical (unpaired) electrons. The highest BCUT2D eigenvalue weighted by molar-refractivity contribution is 5.92. The zero-order valence-corrected chi connectivity index (χ0v) is 9.15. The summed E-state index contributed by atoms with van der Waals surface area (Å²) in [6.07, 6.45) is 0.0999. The fourth-order valence-corrected chi connectivity index (χ4v) is 1.36. The number of amides is 1. The number of carbonyl (C=O) groups is 3. The monoisotopic (exact) mass is 213 g/mol. The number of rotatable bonds is 1. The van der Waals surface area contributed by atoms with Gasteiger partial charge >= 0.3 is 6.09 Å². The van der Waals surface area contributed by atoms with Crippen LogP contribution in [-0.4, -0.2) is 41.3 Å². The maximum Gasteiger partial charge on any atom is 0.411 e. The molecule has 5 heteroatoms. The van der Waals surface area contributed by atoms with Gasteiger partial charge in [-0.25, -0.2) is 4.79 Å². The molecule has 1 aliphatic rings. The first kappa shape index (κ1) is 11.7. The van der Waals surface area contributed by atoms with Gasteiger partial charge in [0.15, 0.2) is 5.78 Å². The fraction of sp³-hybridized carbons (Fsp3) is 0.700. The van der Waals surface area contributed by atoms with Crippen molar-refractivity contribution < 1.29 is 19.1 Å². The first-order valence-electron chi connectivity index (χ1n) is 4.80. The normalized spacial score (nSPS) is 21.7. The minimum absolute atomic E-state index is 0.0294. The molecule has 1 rings (SSSR count). The van der Waals surface area contributed by atoms with E-state index >= 15 is 0 Å². The fourth-order valence-electron chi connectivity index (χ4n) is 1.36. The molecular formula is C10H15NO4. The van der Waals surface area contributed by atoms with Gasteiger partial charge < -0.3 is 9.53 Å². The number of ether oxygens (including phenoxy) is 1. The number of likely N-dealkylation sites (tertiary alicyclic amines) is 1. The summed E-state index contributed by atoms with van der Waals surface area (Å²) in [6, 6.07) is -0.660. The van der Waals surface area contributed by atoms with Crippen molar-refractivity contribution in [1.82, 2.24) is 4.90 Å². The lowest BCUT2D eigenvalue weighted by Gasteiger charge is -2.25. The third kappa shape index (κ3) is 3.04. The van der Waals surface area contributed by atoms with Crippen LogP contribution in [0, 0.1) is 0 Å². The third-order valence-corrected chi connectivity index (χ3v) is 1.97. The Morgan fingerprint density at radius 2 is 2.13 bits per heavy atom. The Morgan fingerprint density at radius 1 is 1.53 bits per heavy atom. The van der Waals surface area contributed by atoms with E-state index in [9.17, 15) is 14.4 Å². The molecule has 84 valence electrons. The predicted octanol–water partition coefficient (Wildman–Crippen LogP) is 0.764. The first-order chi connectivity index (χ1) is 6.83. The molecule has 0 N–H and O–H groups in total. The molecule has 0 aromatic heterocycles. The van der Waals surface area contributed by atoms with E-state index in [4.69, 9.17) is 4.74 Å². The van der Waals surface area contributed by atoms with E-state index in [0.717, 1.165) is 0 Å². The van der Waals surface area contributed by atoms with E-state index in [0.29, 0.717) is 6.29 Å². The standard InChI is InChI=1S/C10H15NO4/c1-10(2,3)15-9(14)11-5-8(13)4-7(11)6-12/h6-7H,4-5H2,1-3H3/t7-/m0/s1. The van der Waals surface area contributed by atoms with Crippen molar-refractivity contribution in [1.29, 1.82) is 0 Å². The molecule has 0 aromatic rings. The number of aldehydes is 1. The molecule has 0 saturated carbocycles. The van der Waals surface area contributed by atoms with Crippen molar-refractivity contribution in [2.24, 2.45) is 0 Å². The molecular weight excluding hydrogens is 198 g/mol. The van der Waals surface area contributed by atoms with Crippen LogP contribution in [-0.2, 0) is 14.3 Å². The van der Waals surface area contributed by atoms with Crippen LogP contribution >= 0.6 is 0 Å². The minimum atomic E-state index is -0.660. The molecule has 0 aromatic carbocycles. The van der Waals surface area contributed by atoms with Gasteiger partial charge in [0.2, 0.25) is 0 Å². The lowest BCUT2D eigenvalue weighted by molar-refractivity contribution is -0.117. The molecule has 0 bridgehead atoms. The van der Waals surface area contributed by atoms with Crippen LogP contribution in [0.5, 0.6) is 0 Å². The van der Waals surface area contributed by atoms with Gasteiger partial charge in [-0.05, 0) is 20.8 Å². The van der Waals surface area contributed by atoms with E-state index < -0.39 is 17.7 Å². The van der Waals surface area contributed by atoms with E-state index in [1.165, 1.54) is 4.90 Å². The summed E-state index contributed by atoms with van der Waals surface area (Å²) in [7, 11) is 0. The molecule has 1 aliphatic heterocycles. The van der Waals surface area contributed by atoms with Gasteiger partial charge in [-0.3, -0.25) is 9.69 Å². The van der Waals surface area contributed by atoms with Crippen molar-refractivity contribution in [3.63, 3.8) is 0 Å². The van der Waals surface area contributed by atoms with Gasteiger partial charge in [-0.15, -0.1) is 0 Å². The molecule has 0 unspecified atom stereocenters. The number of hydrogen-bond donors (Lipinski definition) is 0. The first-order valence-corrected chi connectivity index (χ1v) is 4.80. The zero-order valence-electron chi connectivity index (χ0n) is 9.15. The molecule has 1 heterocycles. The van der Waals surface area contributed by atoms with Gasteiger partial charge in [-0.1, -0.05) is 0 Å². The van der Waals surface area contributed by atoms with Crippen LogP contribution in [0.3, 0.4) is 0 Å². The maximum atomic E-state index is 11.6. The number of hydrogen-bond acceptors (Lipinski definition) is 4. The number of nitrogens with zero attached hydrogens (tertiary/aromatic N) is 1. The van der Waals surface area contributed by atoms with Crippen LogP contribution in [0.2, 0.25) is 0 Å². The van der Waals surface area contributed by atoms with Crippen molar-refractivity contribution >= 4 is 18.2 Å². The highest BCUT2D eigenvalue weighted by atomic mass is 16.6. The predicted molar refractivity (Wildman–Crippen MR) is 52.4 cm³/mol. The molecule has 5 nitrogen and oxygen atoms in total. The molecule has 1 atom stereocenters. The van der Waals surface area contributed by atoms with E-state index in [2.05, 4.69) is 0 Å². The smallest absolute Gasteiger partial charge is 0.411 e. The Balaban J connectivity index is 2.67. The molecule has 0 aliphatic carbocycles. The van der Waals surface area contributed by atoms with E-state index in [1.54, 1.807) is 20.8 Å². The number of carbonyl (C=O) groups excluding carboxylic acids is 3. The molecule has 1 saturated heterocycles. The summed E-state index contributed by atoms with van der Waals surface area (Å²) in [5.74, 6) is -0.113. The Kier molecular flexibility index (Phi) is 3.12. The second-order valence-electron chi connectivity index (χ2n) is 4.55. The van der Waals surface area contributed by atoms with Gasteiger partial charge in [-0.2, -0.15) is 0 Å². The van der Waals surface area contributed by atoms with Crippen LogP contribution in [0.4, 0.5) is 4.79 Å². The van der Waals surface area contributed by atoms with Gasteiger partial charge in [0.05, 0.1) is 12.6 Å². The summed E-state index contributed by atoms with van der Waals surface area (Å²) in [5, 5.41) is 0. The quantitative estimate of drug-likeness (QED) is 0.603. The highest BCUT2D eigenvalue weighted by Crippen LogP contribution is 2.17. The summed E-state index contributed by atoms with van der Waals surface area (Å²) in [5.41, 5.74) is -0.615. The van der Waals surface area contributed by atoms with E-state index in [-0.39, 0.29) is 18.7 Å². The topological polar surface area (TPSA) is 63.7 Å². The Bertz CT molecular complexity index is 292. The SMILES string of the molecule is CC(C)(C)OC(=O)N1CC(=O)C[C@H]1C=O. The van der Waals surface area contributed by atoms with Crippen LogP contribution in [0.15, 0.2) is 0 Å². The Hall–Kier alpha value is -1.39. The Labute approximate surface area is 88.4 Å². The summed E-state index contributed by atoms with van der Waals surface area (Å²) >= 11 is 0. The maximum absolute atomic E-state index is 11.6. The van der Waals surface area contributed by atoms with Crippen molar-refractivity contribution in [3.05, 3.63) is 0 Å². The summed E-state index contributed by atoms with van der Waals surface area (Å²) in [6.45, 7) is 5.18. The second kappa shape index (κ2) is 4.00. The lowest BCUT2D eigenvalue weighted by atomic mass is 10.2. The van der Waals surface area contributed by atoms with Crippen LogP contribution < -0.4 is 0 Å². The highest BCUT2D eigenvalue weighted by Gasteiger charge is 2.36. The molecule has 15 heavy (non-hydrogen) atoms. The van der Waals surface area contributed by atoms with Crippen molar-refractivity contribution in [2.75, 3.05) is 6.54 Å². The van der Waals surface area contributed by atoms with Crippen LogP contribution in [0.25, 0.3) is 0 Å². The van der Waals surface area contributed by atoms with Crippen LogP contribution in [0.1, 0.15) is 27.2 Å². The van der Waals surface area contributed by atoms with Crippen molar-refractivity contribution in [3.8, 4) is 0 Å². The van der Waals surface area contributed by atoms with E-state index in [1.807, 2.05) is 0 Å². The molecule has 0 spiro atoms. The lowest BCUT2D eigenvalue weighted by Crippen LogP contribution is -2.40. The molecule has 1 fully saturated rings. The average Bonchev–Trinajstić information content (AvgIpc) is 2.43. The summed E-state index contributed by atoms with van der Waals surface area (Å²) in [4.78, 5) is 34.5. The van der Waals surface area contributed by atoms with Gasteiger partial charge in [0.1, 0.15) is 11.9 Å². The number of ketones is 1. The minimum Gasteiger partial charge on any atom is -0.444 e. The van der Waals surface area contributed by atoms with Crippen molar-refractivity contribution in [2.45, 2.75) is 38.8 Å². The third-order valence-electron chi connectivity index (χ3n) is 1.97. The summed E-state index contributed by atoms with van der Waals surface area (Å²) < 4.78 is 5.08. The zero-order chi connectivity index (χ0) is 11.6. The average molecular weight is 213 g/mol.